The second-order valence-corrected chi connectivity index (χ2v) is 9.12. The summed E-state index contributed by atoms with van der Waals surface area (Å²) in [6, 6.07) is 5.64. The van der Waals surface area contributed by atoms with Gasteiger partial charge in [0.2, 0.25) is 5.91 Å². The molecule has 0 bridgehead atoms. The van der Waals surface area contributed by atoms with Gasteiger partial charge in [0.25, 0.3) is 5.56 Å². The van der Waals surface area contributed by atoms with E-state index in [4.69, 9.17) is 5.84 Å². The predicted octanol–water partition coefficient (Wildman–Crippen LogP) is 2.37. The fraction of sp³-hybridized carbons (Fsp3) is 0.269. The molecule has 4 aromatic rings. The van der Waals surface area contributed by atoms with E-state index in [0.717, 1.165) is 27.6 Å². The number of fused-ring (bicyclic) bond motifs is 2. The third kappa shape index (κ3) is 4.00. The number of pyridine rings is 1. The minimum atomic E-state index is -0.461. The van der Waals surface area contributed by atoms with Crippen molar-refractivity contribution in [1.29, 1.82) is 0 Å². The zero-order valence-electron chi connectivity index (χ0n) is 20.2. The number of H-pyrrole nitrogens is 1. The van der Waals surface area contributed by atoms with Crippen molar-refractivity contribution in [3.05, 3.63) is 80.9 Å². The van der Waals surface area contributed by atoms with Crippen molar-refractivity contribution in [3.8, 4) is 0 Å². The number of nitrogens with zero attached hydrogens (tertiary/aromatic N) is 5. The van der Waals surface area contributed by atoms with Crippen molar-refractivity contribution >= 4 is 39.4 Å². The molecule has 3 aromatic heterocycles. The van der Waals surface area contributed by atoms with Crippen LogP contribution in [0.15, 0.2) is 52.8 Å². The van der Waals surface area contributed by atoms with E-state index < -0.39 is 11.2 Å². The number of benzene rings is 1. The molecule has 0 spiro atoms. The first-order chi connectivity index (χ1) is 17.2. The summed E-state index contributed by atoms with van der Waals surface area (Å²) < 4.78 is 1.66. The number of nitrogens with one attached hydrogen (secondary N) is 1. The number of nitrogen functional groups attached to an aromatic ring is 1. The third-order valence-electron chi connectivity index (χ3n) is 6.94. The lowest BCUT2D eigenvalue weighted by atomic mass is 10.0. The lowest BCUT2D eigenvalue weighted by Crippen LogP contribution is -2.41. The number of aryl methyl sites for hydroxylation is 1. The Hall–Kier alpha value is -4.47. The van der Waals surface area contributed by atoms with Crippen LogP contribution in [0.1, 0.15) is 42.6 Å². The largest absolute Gasteiger partial charge is 0.343 e. The number of carbonyl (C=O) groups is 1. The van der Waals surface area contributed by atoms with E-state index in [-0.39, 0.29) is 11.9 Å². The molecule has 1 saturated heterocycles. The first-order valence-electron chi connectivity index (χ1n) is 11.7. The van der Waals surface area contributed by atoms with Crippen LogP contribution in [0.25, 0.3) is 33.5 Å². The Morgan fingerprint density at radius 1 is 1.22 bits per heavy atom. The molecule has 0 unspecified atom stereocenters. The highest BCUT2D eigenvalue weighted by Crippen LogP contribution is 2.27. The molecule has 1 fully saturated rings. The summed E-state index contributed by atoms with van der Waals surface area (Å²) in [5.41, 5.74) is 3.53. The van der Waals surface area contributed by atoms with Crippen LogP contribution >= 0.6 is 0 Å². The van der Waals surface area contributed by atoms with Gasteiger partial charge in [0.05, 0.1) is 28.3 Å². The summed E-state index contributed by atoms with van der Waals surface area (Å²) >= 11 is 0. The smallest absolute Gasteiger partial charge is 0.329 e. The van der Waals surface area contributed by atoms with E-state index in [2.05, 4.69) is 21.6 Å². The fourth-order valence-corrected chi connectivity index (χ4v) is 4.90. The lowest BCUT2D eigenvalue weighted by Gasteiger charge is -2.33. The molecule has 5 rings (SSSR count). The molecule has 10 nitrogen and oxygen atoms in total. The highest BCUT2D eigenvalue weighted by molar-refractivity contribution is 5.88. The summed E-state index contributed by atoms with van der Waals surface area (Å²) in [4.78, 5) is 47.3. The van der Waals surface area contributed by atoms with Crippen LogP contribution in [-0.4, -0.2) is 48.3 Å². The molecule has 1 amide bonds. The normalized spacial score (nSPS) is 14.8. The number of aromatic nitrogens is 5. The summed E-state index contributed by atoms with van der Waals surface area (Å²) in [6.45, 7) is 8.71. The van der Waals surface area contributed by atoms with Crippen molar-refractivity contribution in [2.24, 2.45) is 0 Å². The monoisotopic (exact) mass is 485 g/mol. The minimum Gasteiger partial charge on any atom is -0.343 e. The molecule has 4 heterocycles. The molecule has 1 aliphatic heterocycles. The topological polar surface area (TPSA) is 132 Å². The van der Waals surface area contributed by atoms with Gasteiger partial charge in [-0.05, 0) is 54.7 Å². The van der Waals surface area contributed by atoms with E-state index in [1.54, 1.807) is 22.6 Å². The van der Waals surface area contributed by atoms with Crippen LogP contribution in [0.5, 0.6) is 0 Å². The average molecular weight is 486 g/mol. The quantitative estimate of drug-likeness (QED) is 0.337. The molecule has 0 atom stereocenters. The fourth-order valence-electron chi connectivity index (χ4n) is 4.90. The molecule has 0 aliphatic carbocycles. The Balaban J connectivity index is 1.52. The van der Waals surface area contributed by atoms with Crippen molar-refractivity contribution in [2.75, 3.05) is 18.9 Å². The number of amides is 1. The molecule has 1 aromatic carbocycles. The molecule has 10 heteroatoms. The number of hydrogen-bond acceptors (Lipinski definition) is 6. The number of hydrogen-bond donors (Lipinski definition) is 2. The van der Waals surface area contributed by atoms with Crippen LogP contribution in [0.2, 0.25) is 0 Å². The van der Waals surface area contributed by atoms with Crippen molar-refractivity contribution in [3.63, 3.8) is 0 Å². The number of aromatic amines is 1. The van der Waals surface area contributed by atoms with Crippen LogP contribution < -0.4 is 17.1 Å². The standard InChI is InChI=1S/C26H27N7O3/c1-15(18-5-7-23-19(12-18)13-29-33(23)27)4-6-22-16(2)24-21(14-28-22)25(35)30-26(36)32(24)20-8-10-31(11-9-20)17(3)34/h4-7,12-14,20H,1,8-11,27H2,2-3H3,(H,30,35,36)/b6-4-. The molecule has 3 N–H and O–H groups in total. The number of piperidine rings is 1. The van der Waals surface area contributed by atoms with Crippen molar-refractivity contribution in [1.82, 2.24) is 29.3 Å². The van der Waals surface area contributed by atoms with Gasteiger partial charge in [-0.2, -0.15) is 9.89 Å². The zero-order valence-corrected chi connectivity index (χ0v) is 20.2. The van der Waals surface area contributed by atoms with Gasteiger partial charge in [0.15, 0.2) is 0 Å². The zero-order chi connectivity index (χ0) is 25.6. The maximum atomic E-state index is 13.0. The SMILES string of the molecule is C=C(/C=C\c1ncc2c(=O)[nH]c(=O)n(C3CCN(C(C)=O)CC3)c2c1C)c1ccc2c(cnn2N)c1. The van der Waals surface area contributed by atoms with Crippen molar-refractivity contribution < 1.29 is 4.79 Å². The summed E-state index contributed by atoms with van der Waals surface area (Å²) in [5.74, 6) is 5.83. The van der Waals surface area contributed by atoms with Gasteiger partial charge in [-0.15, -0.1) is 0 Å². The van der Waals surface area contributed by atoms with Crippen LogP contribution in [0.3, 0.4) is 0 Å². The summed E-state index contributed by atoms with van der Waals surface area (Å²) in [5, 5.41) is 5.33. The van der Waals surface area contributed by atoms with Gasteiger partial charge < -0.3 is 10.7 Å². The van der Waals surface area contributed by atoms with Gasteiger partial charge in [-0.25, -0.2) is 4.79 Å². The Morgan fingerprint density at radius 3 is 2.69 bits per heavy atom. The molecule has 36 heavy (non-hydrogen) atoms. The highest BCUT2D eigenvalue weighted by Gasteiger charge is 2.25. The number of likely N-dealkylation sites (tertiary alicyclic amines) is 1. The summed E-state index contributed by atoms with van der Waals surface area (Å²) in [7, 11) is 0. The van der Waals surface area contributed by atoms with E-state index in [9.17, 15) is 14.4 Å². The van der Waals surface area contributed by atoms with Crippen LogP contribution in [-0.2, 0) is 4.79 Å². The van der Waals surface area contributed by atoms with E-state index in [0.29, 0.717) is 42.5 Å². The van der Waals surface area contributed by atoms with Gasteiger partial charge in [0.1, 0.15) is 0 Å². The number of rotatable bonds is 4. The van der Waals surface area contributed by atoms with Gasteiger partial charge in [-0.1, -0.05) is 18.7 Å². The second kappa shape index (κ2) is 8.95. The second-order valence-electron chi connectivity index (χ2n) is 9.12. The molecule has 0 radical (unpaired) electrons. The van der Waals surface area contributed by atoms with Gasteiger partial charge >= 0.3 is 5.69 Å². The molecular weight excluding hydrogens is 458 g/mol. The number of carbonyl (C=O) groups excluding carboxylic acids is 1. The maximum absolute atomic E-state index is 13.0. The average Bonchev–Trinajstić information content (AvgIpc) is 3.24. The van der Waals surface area contributed by atoms with Crippen LogP contribution in [0, 0.1) is 6.92 Å². The Kier molecular flexibility index (Phi) is 5.79. The minimum absolute atomic E-state index is 0.0242. The number of allylic oxidation sites excluding steroid dienone is 2. The number of nitrogens with two attached hydrogens (primary N) is 1. The molecule has 184 valence electrons. The lowest BCUT2D eigenvalue weighted by molar-refractivity contribution is -0.130. The van der Waals surface area contributed by atoms with E-state index in [1.807, 2.05) is 37.3 Å². The molecule has 1 aliphatic rings. The molecular formula is C26H27N7O3. The van der Waals surface area contributed by atoms with E-state index >= 15 is 0 Å². The van der Waals surface area contributed by atoms with Crippen molar-refractivity contribution in [2.45, 2.75) is 32.7 Å². The Morgan fingerprint density at radius 2 is 1.97 bits per heavy atom. The first kappa shape index (κ1) is 23.3. The maximum Gasteiger partial charge on any atom is 0.329 e. The highest BCUT2D eigenvalue weighted by atomic mass is 16.2. The Labute approximate surface area is 206 Å². The van der Waals surface area contributed by atoms with Crippen LogP contribution in [0.4, 0.5) is 0 Å². The van der Waals surface area contributed by atoms with Gasteiger partial charge in [0, 0.05) is 37.6 Å². The van der Waals surface area contributed by atoms with Gasteiger partial charge in [-0.3, -0.25) is 24.1 Å². The third-order valence-corrected chi connectivity index (χ3v) is 6.94. The predicted molar refractivity (Wildman–Crippen MR) is 140 cm³/mol. The summed E-state index contributed by atoms with van der Waals surface area (Å²) in [6.07, 6.45) is 8.16. The molecule has 0 saturated carbocycles. The first-order valence-corrected chi connectivity index (χ1v) is 11.7. The van der Waals surface area contributed by atoms with E-state index in [1.165, 1.54) is 11.0 Å². The Bertz CT molecular complexity index is 1670.